The molecule has 0 unspecified atom stereocenters. The molecule has 0 amide bonds. The van der Waals surface area contributed by atoms with Gasteiger partial charge in [-0.05, 0) is 37.1 Å². The summed E-state index contributed by atoms with van der Waals surface area (Å²) < 4.78 is 13.4. The molecule has 136 valence electrons. The van der Waals surface area contributed by atoms with Gasteiger partial charge in [0.05, 0.1) is 25.5 Å². The summed E-state index contributed by atoms with van der Waals surface area (Å²) in [6.07, 6.45) is 3.45. The van der Waals surface area contributed by atoms with Gasteiger partial charge in [0.25, 0.3) is 0 Å². The summed E-state index contributed by atoms with van der Waals surface area (Å²) in [7, 11) is 0. The minimum Gasteiger partial charge on any atom is -0.491 e. The topological polar surface area (TPSA) is 59.8 Å². The molecule has 0 aliphatic carbocycles. The van der Waals surface area contributed by atoms with E-state index in [2.05, 4.69) is 10.00 Å². The molecule has 1 aromatic heterocycles. The van der Waals surface area contributed by atoms with E-state index >= 15 is 0 Å². The monoisotopic (exact) mass is 345 g/mol. The molecule has 1 aliphatic heterocycles. The fraction of sp³-hybridized carbons (Fsp3) is 0.526. The first-order valence-corrected chi connectivity index (χ1v) is 8.79. The predicted octanol–water partition coefficient (Wildman–Crippen LogP) is 1.64. The Hall–Kier alpha value is -1.89. The highest BCUT2D eigenvalue weighted by Crippen LogP contribution is 2.13. The molecule has 2 aromatic rings. The summed E-state index contributed by atoms with van der Waals surface area (Å²) in [6, 6.07) is 7.87. The Kier molecular flexibility index (Phi) is 6.07. The van der Waals surface area contributed by atoms with Crippen molar-refractivity contribution < 1.29 is 14.6 Å². The highest BCUT2D eigenvalue weighted by atomic mass is 16.5. The van der Waals surface area contributed by atoms with Crippen molar-refractivity contribution in [2.24, 2.45) is 0 Å². The molecule has 6 heteroatoms. The van der Waals surface area contributed by atoms with Gasteiger partial charge < -0.3 is 14.6 Å². The molecule has 0 radical (unpaired) electrons. The zero-order valence-corrected chi connectivity index (χ0v) is 15.0. The third kappa shape index (κ3) is 5.56. The molecule has 0 spiro atoms. The molecule has 25 heavy (non-hydrogen) atoms. The molecule has 1 fully saturated rings. The average Bonchev–Trinajstić information content (AvgIpc) is 2.98. The van der Waals surface area contributed by atoms with Crippen LogP contribution in [0.3, 0.4) is 0 Å². The first-order valence-electron chi connectivity index (χ1n) is 8.79. The maximum atomic E-state index is 10.3. The lowest BCUT2D eigenvalue weighted by molar-refractivity contribution is -0.0517. The average molecular weight is 345 g/mol. The van der Waals surface area contributed by atoms with Gasteiger partial charge in [-0.25, -0.2) is 0 Å². The van der Waals surface area contributed by atoms with E-state index in [1.165, 1.54) is 0 Å². The van der Waals surface area contributed by atoms with Gasteiger partial charge in [-0.15, -0.1) is 0 Å². The number of aliphatic hydroxyl groups excluding tert-OH is 1. The first-order chi connectivity index (χ1) is 12.1. The van der Waals surface area contributed by atoms with E-state index in [4.69, 9.17) is 9.47 Å². The van der Waals surface area contributed by atoms with Crippen LogP contribution in [0.1, 0.15) is 11.1 Å². The Balaban J connectivity index is 1.43. The fourth-order valence-corrected chi connectivity index (χ4v) is 3.08. The zero-order valence-electron chi connectivity index (χ0n) is 15.0. The highest BCUT2D eigenvalue weighted by molar-refractivity contribution is 5.27. The van der Waals surface area contributed by atoms with Gasteiger partial charge in [0.15, 0.2) is 0 Å². The Bertz CT molecular complexity index is 673. The maximum absolute atomic E-state index is 10.3. The van der Waals surface area contributed by atoms with Crippen LogP contribution in [0.4, 0.5) is 0 Å². The van der Waals surface area contributed by atoms with Crippen molar-refractivity contribution in [3.63, 3.8) is 0 Å². The van der Waals surface area contributed by atoms with Crippen molar-refractivity contribution in [1.82, 2.24) is 14.7 Å². The van der Waals surface area contributed by atoms with Crippen molar-refractivity contribution >= 4 is 0 Å². The number of aliphatic hydroxyl groups is 1. The van der Waals surface area contributed by atoms with Crippen LogP contribution in [-0.2, 0) is 11.3 Å². The van der Waals surface area contributed by atoms with Crippen molar-refractivity contribution in [3.05, 3.63) is 47.8 Å². The molecular formula is C19H27N3O3. The lowest BCUT2D eigenvalue weighted by atomic mass is 10.2. The molecule has 2 heterocycles. The Morgan fingerprint density at radius 2 is 2.24 bits per heavy atom. The SMILES string of the molecule is Cc1cccc(OC[C@H](O)CN2CCO[C@H](Cn3cc(C)cn3)C2)c1. The van der Waals surface area contributed by atoms with Gasteiger partial charge in [0.2, 0.25) is 0 Å². The minimum atomic E-state index is -0.522. The number of morpholine rings is 1. The number of β-amino-alcohol motifs (C(OH)–C–C–N with tert-alkyl or cyclic N) is 1. The number of rotatable bonds is 7. The lowest BCUT2D eigenvalue weighted by Gasteiger charge is -2.34. The Morgan fingerprint density at radius 3 is 3.00 bits per heavy atom. The van der Waals surface area contributed by atoms with Crippen LogP contribution in [0.2, 0.25) is 0 Å². The van der Waals surface area contributed by atoms with Crippen LogP contribution < -0.4 is 4.74 Å². The largest absolute Gasteiger partial charge is 0.491 e. The second kappa shape index (κ2) is 8.47. The molecule has 0 bridgehead atoms. The smallest absolute Gasteiger partial charge is 0.119 e. The molecule has 1 N–H and O–H groups in total. The van der Waals surface area contributed by atoms with Crippen molar-refractivity contribution in [3.8, 4) is 5.75 Å². The van der Waals surface area contributed by atoms with Crippen LogP contribution >= 0.6 is 0 Å². The predicted molar refractivity (Wildman–Crippen MR) is 95.8 cm³/mol. The van der Waals surface area contributed by atoms with E-state index in [1.807, 2.05) is 55.2 Å². The lowest BCUT2D eigenvalue weighted by Crippen LogP contribution is -2.47. The first kappa shape index (κ1) is 17.9. The number of aryl methyl sites for hydroxylation is 2. The molecule has 1 saturated heterocycles. The van der Waals surface area contributed by atoms with Crippen molar-refractivity contribution in [2.75, 3.05) is 32.8 Å². The molecular weight excluding hydrogens is 318 g/mol. The molecule has 3 rings (SSSR count). The summed E-state index contributed by atoms with van der Waals surface area (Å²) in [5, 5.41) is 14.6. The van der Waals surface area contributed by atoms with E-state index in [-0.39, 0.29) is 6.10 Å². The summed E-state index contributed by atoms with van der Waals surface area (Å²) in [5.74, 6) is 0.799. The summed E-state index contributed by atoms with van der Waals surface area (Å²) in [4.78, 5) is 2.23. The van der Waals surface area contributed by atoms with Crippen molar-refractivity contribution in [1.29, 1.82) is 0 Å². The third-order valence-corrected chi connectivity index (χ3v) is 4.28. The van der Waals surface area contributed by atoms with E-state index in [0.29, 0.717) is 19.8 Å². The molecule has 1 aliphatic rings. The minimum absolute atomic E-state index is 0.0953. The van der Waals surface area contributed by atoms with Crippen LogP contribution in [0.15, 0.2) is 36.7 Å². The normalized spacial score (nSPS) is 19.7. The van der Waals surface area contributed by atoms with Crippen LogP contribution in [0.5, 0.6) is 5.75 Å². The Labute approximate surface area is 149 Å². The summed E-state index contributed by atoms with van der Waals surface area (Å²) in [5.41, 5.74) is 2.30. The second-order valence-corrected chi connectivity index (χ2v) is 6.77. The van der Waals surface area contributed by atoms with Gasteiger partial charge >= 0.3 is 0 Å². The van der Waals surface area contributed by atoms with E-state index in [9.17, 15) is 5.11 Å². The van der Waals surface area contributed by atoms with E-state index < -0.39 is 6.10 Å². The number of hydrogen-bond acceptors (Lipinski definition) is 5. The number of ether oxygens (including phenoxy) is 2. The molecule has 6 nitrogen and oxygen atoms in total. The molecule has 2 atom stereocenters. The number of hydrogen-bond donors (Lipinski definition) is 1. The van der Waals surface area contributed by atoms with Crippen LogP contribution in [-0.4, -0.2) is 64.8 Å². The summed E-state index contributed by atoms with van der Waals surface area (Å²) in [6.45, 7) is 7.97. The standard InChI is InChI=1S/C19H27N3O3/c1-15-4-3-5-18(8-15)25-14-17(23)11-21-6-7-24-19(12-21)13-22-10-16(2)9-20-22/h3-5,8-10,17,19,23H,6-7,11-14H2,1-2H3/t17-,19+/m1/s1. The van der Waals surface area contributed by atoms with Crippen LogP contribution in [0.25, 0.3) is 0 Å². The highest BCUT2D eigenvalue weighted by Gasteiger charge is 2.23. The molecule has 0 saturated carbocycles. The summed E-state index contributed by atoms with van der Waals surface area (Å²) >= 11 is 0. The van der Waals surface area contributed by atoms with Gasteiger partial charge in [0, 0.05) is 25.8 Å². The van der Waals surface area contributed by atoms with E-state index in [1.54, 1.807) is 0 Å². The number of benzene rings is 1. The van der Waals surface area contributed by atoms with Gasteiger partial charge in [-0.3, -0.25) is 9.58 Å². The third-order valence-electron chi connectivity index (χ3n) is 4.28. The van der Waals surface area contributed by atoms with E-state index in [0.717, 1.165) is 36.5 Å². The Morgan fingerprint density at radius 1 is 1.36 bits per heavy atom. The van der Waals surface area contributed by atoms with Gasteiger partial charge in [0.1, 0.15) is 18.5 Å². The number of nitrogens with zero attached hydrogens (tertiary/aromatic N) is 3. The molecule has 1 aromatic carbocycles. The van der Waals surface area contributed by atoms with Gasteiger partial charge in [-0.1, -0.05) is 12.1 Å². The number of aromatic nitrogens is 2. The van der Waals surface area contributed by atoms with Gasteiger partial charge in [-0.2, -0.15) is 5.10 Å². The van der Waals surface area contributed by atoms with Crippen LogP contribution in [0, 0.1) is 13.8 Å². The quantitative estimate of drug-likeness (QED) is 0.827. The second-order valence-electron chi connectivity index (χ2n) is 6.77. The maximum Gasteiger partial charge on any atom is 0.119 e. The zero-order chi connectivity index (χ0) is 17.6. The fourth-order valence-electron chi connectivity index (χ4n) is 3.08. The van der Waals surface area contributed by atoms with Crippen molar-refractivity contribution in [2.45, 2.75) is 32.6 Å².